The van der Waals surface area contributed by atoms with Gasteiger partial charge in [-0.15, -0.1) is 16.4 Å². The number of carbonyl (C=O) groups excluding carboxylic acids is 1. The zero-order chi connectivity index (χ0) is 26.0. The first-order valence-corrected chi connectivity index (χ1v) is 12.4. The molecule has 0 spiro atoms. The van der Waals surface area contributed by atoms with Crippen LogP contribution in [0.3, 0.4) is 0 Å². The Bertz CT molecular complexity index is 1380. The highest BCUT2D eigenvalue weighted by Crippen LogP contribution is 2.39. The van der Waals surface area contributed by atoms with Crippen molar-refractivity contribution in [2.75, 3.05) is 5.32 Å². The fourth-order valence-corrected chi connectivity index (χ4v) is 4.51. The molecule has 0 aliphatic heterocycles. The van der Waals surface area contributed by atoms with Crippen LogP contribution in [-0.4, -0.2) is 25.9 Å². The largest absolute Gasteiger partial charge is 0.417 e. The van der Waals surface area contributed by atoms with Crippen molar-refractivity contribution in [2.24, 2.45) is 5.92 Å². The van der Waals surface area contributed by atoms with Crippen molar-refractivity contribution in [3.8, 4) is 16.3 Å². The Balaban J connectivity index is 1.63. The first-order valence-electron chi connectivity index (χ1n) is 11.2. The van der Waals surface area contributed by atoms with E-state index in [2.05, 4.69) is 20.6 Å². The molecular weight excluding hydrogens is 511 g/mol. The number of anilines is 1. The molecule has 2 aromatic carbocycles. The van der Waals surface area contributed by atoms with E-state index in [1.165, 1.54) is 17.4 Å². The lowest BCUT2D eigenvalue weighted by Crippen LogP contribution is -2.15. The highest BCUT2D eigenvalue weighted by Gasteiger charge is 2.34. The number of benzene rings is 2. The second-order valence-corrected chi connectivity index (χ2v) is 10.1. The highest BCUT2D eigenvalue weighted by molar-refractivity contribution is 7.13. The predicted octanol–water partition coefficient (Wildman–Crippen LogP) is 7.21. The van der Waals surface area contributed by atoms with Gasteiger partial charge in [-0.25, -0.2) is 4.68 Å². The third-order valence-electron chi connectivity index (χ3n) is 5.60. The summed E-state index contributed by atoms with van der Waals surface area (Å²) < 4.78 is 42.5. The minimum absolute atomic E-state index is 0.0332. The fourth-order valence-electron chi connectivity index (χ4n) is 3.63. The van der Waals surface area contributed by atoms with Gasteiger partial charge in [0, 0.05) is 17.4 Å². The van der Waals surface area contributed by atoms with E-state index in [-0.39, 0.29) is 22.2 Å². The molecule has 0 aliphatic rings. The van der Waals surface area contributed by atoms with E-state index >= 15 is 0 Å². The number of halogens is 4. The maximum absolute atomic E-state index is 13.6. The van der Waals surface area contributed by atoms with Crippen LogP contribution in [0.4, 0.5) is 18.9 Å². The first kappa shape index (κ1) is 25.8. The van der Waals surface area contributed by atoms with Gasteiger partial charge in [0.2, 0.25) is 0 Å². The maximum Gasteiger partial charge on any atom is 0.417 e. The minimum Gasteiger partial charge on any atom is -0.322 e. The van der Waals surface area contributed by atoms with Crippen LogP contribution in [0, 0.1) is 12.8 Å². The zero-order valence-corrected chi connectivity index (χ0v) is 21.3. The van der Waals surface area contributed by atoms with Gasteiger partial charge >= 0.3 is 6.18 Å². The van der Waals surface area contributed by atoms with Crippen molar-refractivity contribution in [2.45, 2.75) is 39.8 Å². The molecule has 1 N–H and O–H groups in total. The normalized spacial score (nSPS) is 11.8. The van der Waals surface area contributed by atoms with Gasteiger partial charge in [0.05, 0.1) is 32.9 Å². The summed E-state index contributed by atoms with van der Waals surface area (Å²) in [6.07, 6.45) is -0.201. The Kier molecular flexibility index (Phi) is 7.46. The van der Waals surface area contributed by atoms with E-state index in [0.29, 0.717) is 29.8 Å². The van der Waals surface area contributed by atoms with Gasteiger partial charge in [0.15, 0.2) is 0 Å². The Morgan fingerprint density at radius 1 is 1.22 bits per heavy atom. The van der Waals surface area contributed by atoms with Crippen LogP contribution in [0.5, 0.6) is 0 Å². The molecular formula is C25H23ClF3N5OS. The molecule has 36 heavy (non-hydrogen) atoms. The molecule has 0 saturated carbocycles. The third-order valence-corrected chi connectivity index (χ3v) is 6.84. The van der Waals surface area contributed by atoms with Crippen molar-refractivity contribution in [3.05, 3.63) is 75.5 Å². The minimum atomic E-state index is -4.65. The van der Waals surface area contributed by atoms with E-state index in [1.54, 1.807) is 40.8 Å². The molecule has 0 atom stereocenters. The topological polar surface area (TPSA) is 72.7 Å². The lowest BCUT2D eigenvalue weighted by Gasteiger charge is -2.17. The summed E-state index contributed by atoms with van der Waals surface area (Å²) in [6.45, 7) is 5.82. The summed E-state index contributed by atoms with van der Waals surface area (Å²) in [7, 11) is 0. The van der Waals surface area contributed by atoms with Crippen LogP contribution in [0.25, 0.3) is 16.3 Å². The van der Waals surface area contributed by atoms with E-state index in [4.69, 9.17) is 11.6 Å². The van der Waals surface area contributed by atoms with Gasteiger partial charge in [-0.05, 0) is 61.1 Å². The maximum atomic E-state index is 13.6. The molecule has 0 saturated heterocycles. The summed E-state index contributed by atoms with van der Waals surface area (Å²) in [4.78, 5) is 17.9. The SMILES string of the molecule is Cc1ccc(C(=O)Nc2cc(CCC(C)C)c(Cl)c(C(F)(F)F)c2)cc1-n1cc(-c2cncs2)nn1. The molecule has 4 aromatic rings. The number of thiazole rings is 1. The molecule has 188 valence electrons. The molecule has 6 nitrogen and oxygen atoms in total. The van der Waals surface area contributed by atoms with Crippen LogP contribution in [-0.2, 0) is 12.6 Å². The van der Waals surface area contributed by atoms with E-state index in [9.17, 15) is 18.0 Å². The van der Waals surface area contributed by atoms with Gasteiger partial charge in [-0.3, -0.25) is 9.78 Å². The van der Waals surface area contributed by atoms with E-state index in [1.807, 2.05) is 20.8 Å². The Hall–Kier alpha value is -3.24. The van der Waals surface area contributed by atoms with Crippen LogP contribution in [0.1, 0.15) is 47.3 Å². The molecule has 11 heteroatoms. The number of rotatable bonds is 7. The lowest BCUT2D eigenvalue weighted by molar-refractivity contribution is -0.137. The Morgan fingerprint density at radius 3 is 2.67 bits per heavy atom. The molecule has 0 bridgehead atoms. The molecule has 0 fully saturated rings. The summed E-state index contributed by atoms with van der Waals surface area (Å²) in [5.41, 5.74) is 3.47. The second kappa shape index (κ2) is 10.4. The van der Waals surface area contributed by atoms with Crippen LogP contribution in [0.2, 0.25) is 5.02 Å². The van der Waals surface area contributed by atoms with Gasteiger partial charge in [-0.2, -0.15) is 13.2 Å². The molecule has 1 amide bonds. The molecule has 0 unspecified atom stereocenters. The average molecular weight is 534 g/mol. The van der Waals surface area contributed by atoms with Crippen LogP contribution in [0.15, 0.2) is 48.2 Å². The number of aryl methyl sites for hydroxylation is 2. The molecule has 2 aromatic heterocycles. The summed E-state index contributed by atoms with van der Waals surface area (Å²) >= 11 is 7.52. The average Bonchev–Trinajstić information content (AvgIpc) is 3.50. The number of nitrogens with zero attached hydrogens (tertiary/aromatic N) is 4. The van der Waals surface area contributed by atoms with Crippen molar-refractivity contribution >= 4 is 34.5 Å². The standard InChI is InChI=1S/C25H23ClF3N5OS/c1-14(2)4-6-16-8-18(10-19(23(16)26)25(27,28)29)31-24(35)17-7-5-15(3)21(9-17)34-12-20(32-33-34)22-11-30-13-36-22/h5,7-14H,4,6H2,1-3H3,(H,31,35). The van der Waals surface area contributed by atoms with Crippen LogP contribution >= 0.6 is 22.9 Å². The number of aromatic nitrogens is 4. The zero-order valence-electron chi connectivity index (χ0n) is 19.7. The molecule has 4 rings (SSSR count). The van der Waals surface area contributed by atoms with Gasteiger partial charge in [0.25, 0.3) is 5.91 Å². The number of hydrogen-bond acceptors (Lipinski definition) is 5. The molecule has 0 aliphatic carbocycles. The summed E-state index contributed by atoms with van der Waals surface area (Å²) in [5.74, 6) is -0.266. The summed E-state index contributed by atoms with van der Waals surface area (Å²) in [6, 6.07) is 7.35. The van der Waals surface area contributed by atoms with E-state index in [0.717, 1.165) is 16.5 Å². The molecule has 0 radical (unpaired) electrons. The predicted molar refractivity (Wildman–Crippen MR) is 135 cm³/mol. The van der Waals surface area contributed by atoms with Gasteiger partial charge < -0.3 is 5.32 Å². The quantitative estimate of drug-likeness (QED) is 0.272. The van der Waals surface area contributed by atoms with Crippen molar-refractivity contribution in [1.29, 1.82) is 0 Å². The Morgan fingerprint density at radius 2 is 2.00 bits per heavy atom. The monoisotopic (exact) mass is 533 g/mol. The molecule has 2 heterocycles. The third kappa shape index (κ3) is 5.76. The van der Waals surface area contributed by atoms with Crippen molar-refractivity contribution in [3.63, 3.8) is 0 Å². The first-order chi connectivity index (χ1) is 17.0. The lowest BCUT2D eigenvalue weighted by atomic mass is 9.99. The number of hydrogen-bond donors (Lipinski definition) is 1. The number of amides is 1. The van der Waals surface area contributed by atoms with Crippen LogP contribution < -0.4 is 5.32 Å². The van der Waals surface area contributed by atoms with Crippen molar-refractivity contribution < 1.29 is 18.0 Å². The Labute approximate surface area is 215 Å². The number of carbonyl (C=O) groups is 1. The second-order valence-electron chi connectivity index (χ2n) is 8.80. The van der Waals surface area contributed by atoms with E-state index < -0.39 is 17.6 Å². The smallest absolute Gasteiger partial charge is 0.322 e. The number of nitrogens with one attached hydrogen (secondary N) is 1. The van der Waals surface area contributed by atoms with Gasteiger partial charge in [0.1, 0.15) is 5.69 Å². The highest BCUT2D eigenvalue weighted by atomic mass is 35.5. The fraction of sp³-hybridized carbons (Fsp3) is 0.280. The summed E-state index contributed by atoms with van der Waals surface area (Å²) in [5, 5.41) is 10.6. The van der Waals surface area contributed by atoms with Crippen molar-refractivity contribution in [1.82, 2.24) is 20.0 Å². The van der Waals surface area contributed by atoms with Gasteiger partial charge in [-0.1, -0.05) is 36.7 Å². The number of alkyl halides is 3.